The van der Waals surface area contributed by atoms with E-state index in [-0.39, 0.29) is 0 Å². The van der Waals surface area contributed by atoms with Gasteiger partial charge in [0.05, 0.1) is 0 Å². The van der Waals surface area contributed by atoms with Crippen molar-refractivity contribution in [2.75, 3.05) is 18.0 Å². The molecule has 1 N–H and O–H groups in total. The van der Waals surface area contributed by atoms with E-state index in [0.717, 1.165) is 30.6 Å². The molecule has 1 aromatic rings. The van der Waals surface area contributed by atoms with Gasteiger partial charge in [-0.25, -0.2) is 0 Å². The minimum atomic E-state index is 0.611. The average Bonchev–Trinajstić information content (AvgIpc) is 2.37. The molecular weight excluding hydrogens is 256 g/mol. The first-order valence-electron chi connectivity index (χ1n) is 7.37. The number of hydrogen-bond donors (Lipinski definition) is 1. The molecule has 0 spiro atoms. The third-order valence-corrected chi connectivity index (χ3v) is 4.42. The van der Waals surface area contributed by atoms with Crippen molar-refractivity contribution in [3.63, 3.8) is 0 Å². The van der Waals surface area contributed by atoms with Gasteiger partial charge in [-0.1, -0.05) is 31.5 Å². The van der Waals surface area contributed by atoms with E-state index in [1.807, 2.05) is 0 Å². The van der Waals surface area contributed by atoms with Gasteiger partial charge in [0.15, 0.2) is 0 Å². The van der Waals surface area contributed by atoms with Crippen LogP contribution in [0.4, 0.5) is 5.69 Å². The SMILES string of the molecule is CCNCc1ccc(N2CCC(C)CC2C)cc1Cl. The Labute approximate surface area is 122 Å². The molecule has 1 fully saturated rings. The summed E-state index contributed by atoms with van der Waals surface area (Å²) in [6.45, 7) is 9.74. The molecule has 2 unspecified atom stereocenters. The molecule has 2 nitrogen and oxygen atoms in total. The van der Waals surface area contributed by atoms with Gasteiger partial charge >= 0.3 is 0 Å². The van der Waals surface area contributed by atoms with E-state index in [2.05, 4.69) is 49.2 Å². The van der Waals surface area contributed by atoms with Crippen molar-refractivity contribution in [3.05, 3.63) is 28.8 Å². The summed E-state index contributed by atoms with van der Waals surface area (Å²) >= 11 is 6.39. The highest BCUT2D eigenvalue weighted by Crippen LogP contribution is 2.30. The zero-order chi connectivity index (χ0) is 13.8. The number of nitrogens with zero attached hydrogens (tertiary/aromatic N) is 1. The standard InChI is InChI=1S/C16H25ClN2/c1-4-18-11-14-5-6-15(10-16(14)17)19-8-7-12(2)9-13(19)3/h5-6,10,12-13,18H,4,7-9,11H2,1-3H3. The van der Waals surface area contributed by atoms with Crippen molar-refractivity contribution in [2.45, 2.75) is 46.2 Å². The van der Waals surface area contributed by atoms with Crippen molar-refractivity contribution in [1.29, 1.82) is 0 Å². The molecular formula is C16H25ClN2. The third kappa shape index (κ3) is 3.64. The predicted octanol–water partition coefficient (Wildman–Crippen LogP) is 4.07. The maximum Gasteiger partial charge on any atom is 0.0471 e. The van der Waals surface area contributed by atoms with Gasteiger partial charge in [0.25, 0.3) is 0 Å². The van der Waals surface area contributed by atoms with E-state index in [9.17, 15) is 0 Å². The van der Waals surface area contributed by atoms with Gasteiger partial charge in [-0.15, -0.1) is 0 Å². The molecule has 19 heavy (non-hydrogen) atoms. The second kappa shape index (κ2) is 6.62. The molecule has 2 atom stereocenters. The molecule has 106 valence electrons. The van der Waals surface area contributed by atoms with Crippen LogP contribution in [0, 0.1) is 5.92 Å². The Morgan fingerprint density at radius 1 is 1.37 bits per heavy atom. The summed E-state index contributed by atoms with van der Waals surface area (Å²) in [5.41, 5.74) is 2.45. The summed E-state index contributed by atoms with van der Waals surface area (Å²) < 4.78 is 0. The normalized spacial score (nSPS) is 23.7. The van der Waals surface area contributed by atoms with Crippen LogP contribution in [0.2, 0.25) is 5.02 Å². The quantitative estimate of drug-likeness (QED) is 0.894. The number of benzene rings is 1. The molecule has 0 saturated carbocycles. The molecule has 3 heteroatoms. The lowest BCUT2D eigenvalue weighted by atomic mass is 9.93. The lowest BCUT2D eigenvalue weighted by Crippen LogP contribution is -2.40. The first kappa shape index (κ1) is 14.7. The Morgan fingerprint density at radius 2 is 2.16 bits per heavy atom. The van der Waals surface area contributed by atoms with Crippen molar-refractivity contribution < 1.29 is 0 Å². The minimum Gasteiger partial charge on any atom is -0.369 e. The summed E-state index contributed by atoms with van der Waals surface area (Å²) in [6, 6.07) is 7.11. The monoisotopic (exact) mass is 280 g/mol. The van der Waals surface area contributed by atoms with Gasteiger partial charge in [0.1, 0.15) is 0 Å². The van der Waals surface area contributed by atoms with Crippen LogP contribution in [0.25, 0.3) is 0 Å². The molecule has 0 amide bonds. The van der Waals surface area contributed by atoms with Gasteiger partial charge in [-0.2, -0.15) is 0 Å². The minimum absolute atomic E-state index is 0.611. The van der Waals surface area contributed by atoms with Gasteiger partial charge in [-0.05, 0) is 49.9 Å². The molecule has 1 aromatic carbocycles. The fourth-order valence-electron chi connectivity index (χ4n) is 2.91. The van der Waals surface area contributed by atoms with Crippen molar-refractivity contribution >= 4 is 17.3 Å². The van der Waals surface area contributed by atoms with E-state index < -0.39 is 0 Å². The summed E-state index contributed by atoms with van der Waals surface area (Å²) in [5, 5.41) is 4.20. The van der Waals surface area contributed by atoms with Crippen LogP contribution in [-0.2, 0) is 6.54 Å². The van der Waals surface area contributed by atoms with Crippen LogP contribution < -0.4 is 10.2 Å². The molecule has 1 aliphatic rings. The Balaban J connectivity index is 2.10. The van der Waals surface area contributed by atoms with Gasteiger partial charge in [0.2, 0.25) is 0 Å². The topological polar surface area (TPSA) is 15.3 Å². The first-order chi connectivity index (χ1) is 9.11. The van der Waals surface area contributed by atoms with Crippen LogP contribution in [0.15, 0.2) is 18.2 Å². The molecule has 0 bridgehead atoms. The van der Waals surface area contributed by atoms with Gasteiger partial charge < -0.3 is 10.2 Å². The fraction of sp³-hybridized carbons (Fsp3) is 0.625. The summed E-state index contributed by atoms with van der Waals surface area (Å²) in [7, 11) is 0. The maximum atomic E-state index is 6.39. The van der Waals surface area contributed by atoms with Crippen LogP contribution >= 0.6 is 11.6 Å². The summed E-state index contributed by atoms with van der Waals surface area (Å²) in [4.78, 5) is 2.49. The van der Waals surface area contributed by atoms with Gasteiger partial charge in [0, 0.05) is 29.8 Å². The Hall–Kier alpha value is -0.730. The molecule has 0 aliphatic carbocycles. The second-order valence-electron chi connectivity index (χ2n) is 5.73. The number of nitrogens with one attached hydrogen (secondary N) is 1. The zero-order valence-electron chi connectivity index (χ0n) is 12.2. The zero-order valence-corrected chi connectivity index (χ0v) is 13.0. The fourth-order valence-corrected chi connectivity index (χ4v) is 3.15. The van der Waals surface area contributed by atoms with E-state index >= 15 is 0 Å². The average molecular weight is 281 g/mol. The van der Waals surface area contributed by atoms with E-state index in [1.165, 1.54) is 24.1 Å². The number of rotatable bonds is 4. The Kier molecular flexibility index (Phi) is 5.12. The number of halogens is 1. The van der Waals surface area contributed by atoms with E-state index in [4.69, 9.17) is 11.6 Å². The van der Waals surface area contributed by atoms with Crippen molar-refractivity contribution in [2.24, 2.45) is 5.92 Å². The molecule has 0 aromatic heterocycles. The first-order valence-corrected chi connectivity index (χ1v) is 7.75. The molecule has 1 saturated heterocycles. The van der Waals surface area contributed by atoms with Crippen LogP contribution in [0.5, 0.6) is 0 Å². The van der Waals surface area contributed by atoms with Crippen molar-refractivity contribution in [3.8, 4) is 0 Å². The van der Waals surface area contributed by atoms with Gasteiger partial charge in [-0.3, -0.25) is 0 Å². The molecule has 1 heterocycles. The Morgan fingerprint density at radius 3 is 2.79 bits per heavy atom. The van der Waals surface area contributed by atoms with Crippen LogP contribution in [0.3, 0.4) is 0 Å². The lowest BCUT2D eigenvalue weighted by molar-refractivity contribution is 0.378. The number of anilines is 1. The highest BCUT2D eigenvalue weighted by atomic mass is 35.5. The van der Waals surface area contributed by atoms with Crippen LogP contribution in [0.1, 0.15) is 39.2 Å². The Bertz CT molecular complexity index is 419. The molecule has 1 aliphatic heterocycles. The lowest BCUT2D eigenvalue weighted by Gasteiger charge is -2.38. The maximum absolute atomic E-state index is 6.39. The summed E-state index contributed by atoms with van der Waals surface area (Å²) in [5.74, 6) is 0.842. The van der Waals surface area contributed by atoms with E-state index in [0.29, 0.717) is 6.04 Å². The smallest absolute Gasteiger partial charge is 0.0471 e. The highest BCUT2D eigenvalue weighted by Gasteiger charge is 2.23. The largest absolute Gasteiger partial charge is 0.369 e. The van der Waals surface area contributed by atoms with Crippen molar-refractivity contribution in [1.82, 2.24) is 5.32 Å². The molecule has 2 rings (SSSR count). The predicted molar refractivity (Wildman–Crippen MR) is 84.0 cm³/mol. The van der Waals surface area contributed by atoms with Crippen LogP contribution in [-0.4, -0.2) is 19.1 Å². The van der Waals surface area contributed by atoms with E-state index in [1.54, 1.807) is 0 Å². The number of hydrogen-bond acceptors (Lipinski definition) is 2. The highest BCUT2D eigenvalue weighted by molar-refractivity contribution is 6.31. The summed E-state index contributed by atoms with van der Waals surface area (Å²) in [6.07, 6.45) is 2.55. The third-order valence-electron chi connectivity index (χ3n) is 4.07. The second-order valence-corrected chi connectivity index (χ2v) is 6.14. The molecule has 0 radical (unpaired) electrons. The number of piperidine rings is 1.